The average Bonchev–Trinajstić information content (AvgIpc) is 2.96. The van der Waals surface area contributed by atoms with Crippen molar-refractivity contribution < 1.29 is 19.2 Å². The van der Waals surface area contributed by atoms with Crippen molar-refractivity contribution >= 4 is 17.6 Å². The minimum absolute atomic E-state index is 0.00483. The summed E-state index contributed by atoms with van der Waals surface area (Å²) in [4.78, 5) is 30.8. The number of nitrogens with zero attached hydrogens (tertiary/aromatic N) is 2. The van der Waals surface area contributed by atoms with Crippen LogP contribution < -0.4 is 19.9 Å². The lowest BCUT2D eigenvalue weighted by Crippen LogP contribution is -3.16. The second-order valence-electron chi connectivity index (χ2n) is 8.37. The van der Waals surface area contributed by atoms with Crippen LogP contribution in [0.3, 0.4) is 0 Å². The fourth-order valence-electron chi connectivity index (χ4n) is 4.89. The minimum Gasteiger partial charge on any atom is -0.497 e. The van der Waals surface area contributed by atoms with Crippen LogP contribution >= 0.6 is 0 Å². The van der Waals surface area contributed by atoms with E-state index in [2.05, 4.69) is 29.3 Å². The number of carbonyl (C=O) groups is 2. The summed E-state index contributed by atoms with van der Waals surface area (Å²) < 4.78 is 5.23. The Balaban J connectivity index is 1.35. The van der Waals surface area contributed by atoms with Gasteiger partial charge in [-0.1, -0.05) is 19.8 Å². The molecule has 3 fully saturated rings. The molecule has 0 unspecified atom stereocenters. The Morgan fingerprint density at radius 3 is 2.54 bits per heavy atom. The lowest BCUT2D eigenvalue weighted by atomic mass is 9.73. The first-order valence-electron chi connectivity index (χ1n) is 10.4. The maximum atomic E-state index is 13.1. The summed E-state index contributed by atoms with van der Waals surface area (Å²) in [5, 5.41) is 3.06. The lowest BCUT2D eigenvalue weighted by Gasteiger charge is -2.37. The highest BCUT2D eigenvalue weighted by Crippen LogP contribution is 2.37. The molecule has 7 nitrogen and oxygen atoms in total. The molecule has 7 heteroatoms. The van der Waals surface area contributed by atoms with Crippen LogP contribution in [0.5, 0.6) is 5.75 Å². The second kappa shape index (κ2) is 7.62. The number of hydrogen-bond acceptors (Lipinski definition) is 4. The molecule has 0 radical (unpaired) electrons. The van der Waals surface area contributed by atoms with Gasteiger partial charge in [0.25, 0.3) is 5.91 Å². The predicted octanol–water partition coefficient (Wildman–Crippen LogP) is 0.858. The molecule has 28 heavy (non-hydrogen) atoms. The van der Waals surface area contributed by atoms with E-state index in [0.717, 1.165) is 57.6 Å². The number of imide groups is 1. The van der Waals surface area contributed by atoms with Gasteiger partial charge < -0.3 is 19.9 Å². The number of nitrogens with one attached hydrogen (secondary N) is 2. The first-order chi connectivity index (χ1) is 13.5. The average molecular weight is 388 g/mol. The van der Waals surface area contributed by atoms with E-state index < -0.39 is 5.54 Å². The molecule has 0 aromatic heterocycles. The number of amides is 3. The molecular formula is C21H31N4O3+. The maximum absolute atomic E-state index is 13.1. The zero-order valence-corrected chi connectivity index (χ0v) is 16.9. The second-order valence-corrected chi connectivity index (χ2v) is 8.37. The fourth-order valence-corrected chi connectivity index (χ4v) is 4.89. The smallest absolute Gasteiger partial charge is 0.329 e. The molecule has 1 aromatic carbocycles. The lowest BCUT2D eigenvalue weighted by molar-refractivity contribution is -0.907. The van der Waals surface area contributed by atoms with Gasteiger partial charge in [0.1, 0.15) is 11.3 Å². The Hall–Kier alpha value is -2.28. The summed E-state index contributed by atoms with van der Waals surface area (Å²) in [7, 11) is 1.67. The van der Waals surface area contributed by atoms with Crippen LogP contribution in [0.25, 0.3) is 0 Å². The molecule has 3 amide bonds. The highest BCUT2D eigenvalue weighted by atomic mass is 16.5. The number of hydrogen-bond donors (Lipinski definition) is 2. The molecule has 3 aliphatic rings. The van der Waals surface area contributed by atoms with Gasteiger partial charge >= 0.3 is 6.03 Å². The van der Waals surface area contributed by atoms with E-state index in [1.54, 1.807) is 7.11 Å². The monoisotopic (exact) mass is 387 g/mol. The number of methoxy groups -OCH3 is 1. The van der Waals surface area contributed by atoms with Crippen molar-refractivity contribution in [2.75, 3.05) is 44.9 Å². The number of ether oxygens (including phenoxy) is 1. The van der Waals surface area contributed by atoms with Crippen LogP contribution in [0.4, 0.5) is 10.5 Å². The van der Waals surface area contributed by atoms with Crippen molar-refractivity contribution in [3.05, 3.63) is 24.3 Å². The zero-order chi connectivity index (χ0) is 19.7. The van der Waals surface area contributed by atoms with E-state index in [1.165, 1.54) is 15.5 Å². The van der Waals surface area contributed by atoms with E-state index >= 15 is 0 Å². The van der Waals surface area contributed by atoms with Gasteiger partial charge in [-0.05, 0) is 43.0 Å². The molecule has 1 spiro atoms. The van der Waals surface area contributed by atoms with Gasteiger partial charge in [0.05, 0.1) is 33.3 Å². The third-order valence-corrected chi connectivity index (χ3v) is 6.79. The standard InChI is InChI=1S/C21H30N4O3/c1-16-5-3-4-10-21(16)19(26)25(20(27)22-21)15-23-11-13-24(14-12-23)17-6-8-18(28-2)9-7-17/h6-9,16H,3-5,10-15H2,1-2H3,(H,22,27)/p+1/t16-,21+/m0/s1. The van der Waals surface area contributed by atoms with Crippen molar-refractivity contribution in [3.8, 4) is 5.75 Å². The van der Waals surface area contributed by atoms with E-state index in [0.29, 0.717) is 6.67 Å². The van der Waals surface area contributed by atoms with E-state index in [1.807, 2.05) is 12.1 Å². The van der Waals surface area contributed by atoms with E-state index in [-0.39, 0.29) is 17.9 Å². The highest BCUT2D eigenvalue weighted by molar-refractivity contribution is 6.07. The molecular weight excluding hydrogens is 356 g/mol. The number of carbonyl (C=O) groups excluding carboxylic acids is 2. The summed E-state index contributed by atoms with van der Waals surface area (Å²) in [6, 6.07) is 7.91. The number of anilines is 1. The number of rotatable bonds is 4. The van der Waals surface area contributed by atoms with Crippen LogP contribution in [0.2, 0.25) is 0 Å². The maximum Gasteiger partial charge on any atom is 0.329 e. The van der Waals surface area contributed by atoms with Crippen LogP contribution in [0, 0.1) is 5.92 Å². The minimum atomic E-state index is -0.653. The SMILES string of the molecule is COc1ccc(N2CC[NH+](CN3C(=O)N[C@@]4(CCCC[C@@H]4C)C3=O)CC2)cc1. The molecule has 2 N–H and O–H groups in total. The van der Waals surface area contributed by atoms with Crippen molar-refractivity contribution in [2.45, 2.75) is 38.1 Å². The van der Waals surface area contributed by atoms with Crippen LogP contribution in [0.1, 0.15) is 32.6 Å². The first kappa shape index (κ1) is 19.1. The first-order valence-corrected chi connectivity index (χ1v) is 10.4. The molecule has 1 aliphatic carbocycles. The predicted molar refractivity (Wildman–Crippen MR) is 107 cm³/mol. The van der Waals surface area contributed by atoms with E-state index in [9.17, 15) is 9.59 Å². The zero-order valence-electron chi connectivity index (χ0n) is 16.9. The number of urea groups is 1. The normalized spacial score (nSPS) is 28.7. The topological polar surface area (TPSA) is 66.3 Å². The Morgan fingerprint density at radius 1 is 1.18 bits per heavy atom. The van der Waals surface area contributed by atoms with E-state index in [4.69, 9.17) is 4.74 Å². The molecule has 2 heterocycles. The summed E-state index contributed by atoms with van der Waals surface area (Å²) in [5.74, 6) is 1.07. The molecule has 0 bridgehead atoms. The molecule has 2 saturated heterocycles. The van der Waals surface area contributed by atoms with Gasteiger partial charge in [-0.3, -0.25) is 4.79 Å². The molecule has 1 saturated carbocycles. The fraction of sp³-hybridized carbons (Fsp3) is 0.619. The molecule has 152 valence electrons. The van der Waals surface area contributed by atoms with Gasteiger partial charge in [0.15, 0.2) is 6.67 Å². The van der Waals surface area contributed by atoms with Crippen molar-refractivity contribution in [1.29, 1.82) is 0 Å². The Morgan fingerprint density at radius 2 is 1.89 bits per heavy atom. The summed E-state index contributed by atoms with van der Waals surface area (Å²) in [6.07, 6.45) is 3.94. The van der Waals surface area contributed by atoms with Crippen molar-refractivity contribution in [3.63, 3.8) is 0 Å². The van der Waals surface area contributed by atoms with Crippen LogP contribution in [-0.2, 0) is 4.79 Å². The van der Waals surface area contributed by atoms with Gasteiger partial charge in [0, 0.05) is 5.69 Å². The quantitative estimate of drug-likeness (QED) is 0.752. The third kappa shape index (κ3) is 3.32. The van der Waals surface area contributed by atoms with Gasteiger partial charge in [-0.25, -0.2) is 9.69 Å². The molecule has 2 atom stereocenters. The highest BCUT2D eigenvalue weighted by Gasteiger charge is 2.55. The molecule has 1 aromatic rings. The third-order valence-electron chi connectivity index (χ3n) is 6.79. The van der Waals surface area contributed by atoms with Gasteiger partial charge in [-0.2, -0.15) is 0 Å². The summed E-state index contributed by atoms with van der Waals surface area (Å²) in [5.41, 5.74) is 0.532. The Labute approximate surface area is 166 Å². The van der Waals surface area contributed by atoms with Gasteiger partial charge in [-0.15, -0.1) is 0 Å². The molecule has 4 rings (SSSR count). The van der Waals surface area contributed by atoms with Crippen LogP contribution in [0.15, 0.2) is 24.3 Å². The largest absolute Gasteiger partial charge is 0.497 e. The Kier molecular flexibility index (Phi) is 5.19. The Bertz CT molecular complexity index is 730. The summed E-state index contributed by atoms with van der Waals surface area (Å²) in [6.45, 7) is 6.20. The van der Waals surface area contributed by atoms with Crippen molar-refractivity contribution in [2.24, 2.45) is 5.92 Å². The van der Waals surface area contributed by atoms with Crippen LogP contribution in [-0.4, -0.2) is 62.3 Å². The van der Waals surface area contributed by atoms with Gasteiger partial charge in [0.2, 0.25) is 0 Å². The number of quaternary nitrogens is 1. The van der Waals surface area contributed by atoms with Crippen molar-refractivity contribution in [1.82, 2.24) is 10.2 Å². The summed E-state index contributed by atoms with van der Waals surface area (Å²) >= 11 is 0. The number of piperazine rings is 1. The number of benzene rings is 1. The molecule has 2 aliphatic heterocycles.